The Morgan fingerprint density at radius 3 is 2.83 bits per heavy atom. The topological polar surface area (TPSA) is 37.3 Å². The molecule has 2 aromatic rings. The van der Waals surface area contributed by atoms with E-state index in [0.29, 0.717) is 0 Å². The molecule has 0 amide bonds. The molecule has 0 spiro atoms. The number of aromatic nitrogens is 1. The second kappa shape index (κ2) is 4.84. The van der Waals surface area contributed by atoms with Crippen molar-refractivity contribution in [3.63, 3.8) is 0 Å². The molecule has 1 aromatic heterocycles. The quantitative estimate of drug-likeness (QED) is 0.868. The zero-order chi connectivity index (χ0) is 12.2. The van der Waals surface area contributed by atoms with E-state index in [1.54, 1.807) is 6.20 Å². The maximum atomic E-state index is 4.51. The molecule has 0 bridgehead atoms. The van der Waals surface area contributed by atoms with Crippen molar-refractivity contribution >= 4 is 11.9 Å². The highest BCUT2D eigenvalue weighted by atomic mass is 14.9. The molecular formula is C15H13N3. The van der Waals surface area contributed by atoms with Crippen LogP contribution in [0.3, 0.4) is 0 Å². The van der Waals surface area contributed by atoms with Crippen molar-refractivity contribution in [3.05, 3.63) is 71.8 Å². The van der Waals surface area contributed by atoms with Crippen LogP contribution >= 0.6 is 0 Å². The Bertz CT molecular complexity index is 600. The molecule has 88 valence electrons. The fourth-order valence-electron chi connectivity index (χ4n) is 1.89. The summed E-state index contributed by atoms with van der Waals surface area (Å²) in [4.78, 5) is 8.60. The number of anilines is 1. The first kappa shape index (κ1) is 10.7. The van der Waals surface area contributed by atoms with Crippen LogP contribution in [0.1, 0.15) is 11.1 Å². The fraction of sp³-hybridized carbons (Fsp3) is 0.0667. The van der Waals surface area contributed by atoms with Crippen LogP contribution in [0.15, 0.2) is 65.7 Å². The van der Waals surface area contributed by atoms with Crippen molar-refractivity contribution in [2.45, 2.75) is 6.42 Å². The van der Waals surface area contributed by atoms with Gasteiger partial charge in [-0.1, -0.05) is 30.3 Å². The van der Waals surface area contributed by atoms with E-state index in [-0.39, 0.29) is 0 Å². The predicted octanol–water partition coefficient (Wildman–Crippen LogP) is 3.01. The van der Waals surface area contributed by atoms with Crippen molar-refractivity contribution in [2.24, 2.45) is 4.99 Å². The number of nitrogens with one attached hydrogen (secondary N) is 1. The number of aliphatic imine (C=N–C) groups is 1. The Labute approximate surface area is 106 Å². The highest BCUT2D eigenvalue weighted by Gasteiger charge is 2.04. The number of nitrogens with zero attached hydrogens (tertiary/aromatic N) is 2. The maximum absolute atomic E-state index is 4.51. The van der Waals surface area contributed by atoms with E-state index in [1.165, 1.54) is 5.56 Å². The van der Waals surface area contributed by atoms with Gasteiger partial charge < -0.3 is 5.32 Å². The summed E-state index contributed by atoms with van der Waals surface area (Å²) in [6, 6.07) is 12.3. The average Bonchev–Trinajstić information content (AvgIpc) is 2.63. The summed E-state index contributed by atoms with van der Waals surface area (Å²) in [7, 11) is 0. The summed E-state index contributed by atoms with van der Waals surface area (Å²) in [6.07, 6.45) is 8.23. The minimum absolute atomic E-state index is 0.825. The zero-order valence-electron chi connectivity index (χ0n) is 9.88. The summed E-state index contributed by atoms with van der Waals surface area (Å²) in [5.74, 6) is 0. The van der Waals surface area contributed by atoms with E-state index >= 15 is 0 Å². The monoisotopic (exact) mass is 235 g/mol. The van der Waals surface area contributed by atoms with Crippen LogP contribution in [0.4, 0.5) is 5.69 Å². The Kier molecular flexibility index (Phi) is 2.88. The molecule has 18 heavy (non-hydrogen) atoms. The van der Waals surface area contributed by atoms with Gasteiger partial charge in [0.15, 0.2) is 0 Å². The van der Waals surface area contributed by atoms with E-state index in [9.17, 15) is 0 Å². The van der Waals surface area contributed by atoms with Crippen LogP contribution in [0.5, 0.6) is 0 Å². The van der Waals surface area contributed by atoms with Crippen molar-refractivity contribution in [1.82, 2.24) is 4.98 Å². The van der Waals surface area contributed by atoms with Gasteiger partial charge in [0.2, 0.25) is 0 Å². The number of hydrogen-bond donors (Lipinski definition) is 1. The van der Waals surface area contributed by atoms with E-state index in [1.807, 2.05) is 42.9 Å². The second-order valence-electron chi connectivity index (χ2n) is 4.16. The van der Waals surface area contributed by atoms with Crippen LogP contribution < -0.4 is 5.32 Å². The molecule has 0 saturated carbocycles. The van der Waals surface area contributed by atoms with Crippen molar-refractivity contribution in [3.8, 4) is 0 Å². The third kappa shape index (κ3) is 2.30. The fourth-order valence-corrected chi connectivity index (χ4v) is 1.89. The molecule has 0 fully saturated rings. The van der Waals surface area contributed by atoms with Gasteiger partial charge in [0.05, 0.1) is 17.6 Å². The van der Waals surface area contributed by atoms with Gasteiger partial charge in [-0.05, 0) is 11.6 Å². The van der Waals surface area contributed by atoms with Crippen LogP contribution in [-0.4, -0.2) is 11.2 Å². The number of fused-ring (bicyclic) bond motifs is 1. The lowest BCUT2D eigenvalue weighted by atomic mass is 10.1. The van der Waals surface area contributed by atoms with E-state index in [2.05, 4.69) is 27.4 Å². The number of rotatable bonds is 2. The molecule has 0 saturated heterocycles. The molecular weight excluding hydrogens is 222 g/mol. The minimum atomic E-state index is 0.825. The van der Waals surface area contributed by atoms with Crippen LogP contribution in [0.2, 0.25) is 0 Å². The second-order valence-corrected chi connectivity index (χ2v) is 4.16. The number of benzene rings is 1. The lowest BCUT2D eigenvalue weighted by Gasteiger charge is -2.02. The largest absolute Gasteiger partial charge is 0.358 e. The van der Waals surface area contributed by atoms with Gasteiger partial charge >= 0.3 is 0 Å². The first-order chi connectivity index (χ1) is 8.92. The standard InChI is InChI=1S/C15H13N3/c1-2-4-12(5-3-1)8-14-10-18-15-11-16-7-6-13(15)9-17-14/h1-7,9-11,18H,8H2. The van der Waals surface area contributed by atoms with Crippen molar-refractivity contribution in [2.75, 3.05) is 5.32 Å². The first-order valence-corrected chi connectivity index (χ1v) is 5.89. The summed E-state index contributed by atoms with van der Waals surface area (Å²) < 4.78 is 0. The summed E-state index contributed by atoms with van der Waals surface area (Å²) in [5, 5.41) is 3.25. The van der Waals surface area contributed by atoms with Gasteiger partial charge in [0.25, 0.3) is 0 Å². The third-order valence-corrected chi connectivity index (χ3v) is 2.85. The number of hydrogen-bond acceptors (Lipinski definition) is 3. The molecule has 0 unspecified atom stereocenters. The smallest absolute Gasteiger partial charge is 0.0655 e. The molecule has 1 aliphatic rings. The minimum Gasteiger partial charge on any atom is -0.358 e. The van der Waals surface area contributed by atoms with Crippen molar-refractivity contribution < 1.29 is 0 Å². The Morgan fingerprint density at radius 1 is 1.06 bits per heavy atom. The number of allylic oxidation sites excluding steroid dienone is 1. The molecule has 3 nitrogen and oxygen atoms in total. The van der Waals surface area contributed by atoms with Gasteiger partial charge in [0.1, 0.15) is 0 Å². The van der Waals surface area contributed by atoms with Gasteiger partial charge in [-0.25, -0.2) is 0 Å². The number of pyridine rings is 1. The Hall–Kier alpha value is -2.42. The predicted molar refractivity (Wildman–Crippen MR) is 73.7 cm³/mol. The van der Waals surface area contributed by atoms with Crippen molar-refractivity contribution in [1.29, 1.82) is 0 Å². The van der Waals surface area contributed by atoms with E-state index in [4.69, 9.17) is 0 Å². The molecule has 1 aromatic carbocycles. The molecule has 3 heteroatoms. The SMILES string of the molecule is C1=NC(Cc2ccccc2)=CNc2cnccc21. The van der Waals surface area contributed by atoms with Crippen LogP contribution in [0.25, 0.3) is 0 Å². The van der Waals surface area contributed by atoms with Crippen LogP contribution in [0, 0.1) is 0 Å². The molecule has 0 radical (unpaired) electrons. The van der Waals surface area contributed by atoms with E-state index in [0.717, 1.165) is 23.4 Å². The van der Waals surface area contributed by atoms with E-state index < -0.39 is 0 Å². The Balaban J connectivity index is 1.83. The molecule has 3 rings (SSSR count). The molecule has 1 aliphatic heterocycles. The van der Waals surface area contributed by atoms with Gasteiger partial charge in [-0.3, -0.25) is 9.98 Å². The zero-order valence-corrected chi connectivity index (χ0v) is 9.88. The normalized spacial score (nSPS) is 13.2. The molecule has 0 aliphatic carbocycles. The highest BCUT2D eigenvalue weighted by molar-refractivity contribution is 5.89. The summed E-state index contributed by atoms with van der Waals surface area (Å²) >= 11 is 0. The molecule has 2 heterocycles. The van der Waals surface area contributed by atoms with Gasteiger partial charge in [-0.2, -0.15) is 0 Å². The maximum Gasteiger partial charge on any atom is 0.0655 e. The summed E-state index contributed by atoms with van der Waals surface area (Å²) in [6.45, 7) is 0. The third-order valence-electron chi connectivity index (χ3n) is 2.85. The first-order valence-electron chi connectivity index (χ1n) is 5.89. The highest BCUT2D eigenvalue weighted by Crippen LogP contribution is 2.17. The lowest BCUT2D eigenvalue weighted by molar-refractivity contribution is 1.11. The van der Waals surface area contributed by atoms with Crippen LogP contribution in [-0.2, 0) is 6.42 Å². The molecule has 0 atom stereocenters. The lowest BCUT2D eigenvalue weighted by Crippen LogP contribution is -1.93. The Morgan fingerprint density at radius 2 is 1.94 bits per heavy atom. The van der Waals surface area contributed by atoms with Gasteiger partial charge in [0, 0.05) is 30.6 Å². The van der Waals surface area contributed by atoms with Gasteiger partial charge in [-0.15, -0.1) is 0 Å². The summed E-state index contributed by atoms with van der Waals surface area (Å²) in [5.41, 5.74) is 4.32. The average molecular weight is 235 g/mol. The molecule has 1 N–H and O–H groups in total.